The molecular weight excluding hydrogens is 741 g/mol. The molecule has 0 aliphatic heterocycles. The van der Waals surface area contributed by atoms with Crippen molar-refractivity contribution in [2.24, 2.45) is 0 Å². The first-order chi connectivity index (χ1) is 30.1. The molecule has 2 aromatic heterocycles. The molecule has 4 nitrogen and oxygen atoms in total. The largest absolute Gasteiger partial charge is 0.228 e. The maximum absolute atomic E-state index is 5.18. The second-order valence-electron chi connectivity index (χ2n) is 15.7. The number of aromatic nitrogens is 4. The number of hydrogen-bond acceptors (Lipinski definition) is 4. The molecule has 0 aliphatic carbocycles. The zero-order valence-electron chi connectivity index (χ0n) is 34.3. The van der Waals surface area contributed by atoms with E-state index < -0.39 is 0 Å². The molecule has 0 atom stereocenters. The summed E-state index contributed by atoms with van der Waals surface area (Å²) in [5.74, 6) is 1.43. The van der Waals surface area contributed by atoms with Gasteiger partial charge in [-0.05, 0) is 69.8 Å². The van der Waals surface area contributed by atoms with Crippen LogP contribution in [-0.2, 0) is 5.41 Å². The van der Waals surface area contributed by atoms with Gasteiger partial charge in [-0.1, -0.05) is 196 Å². The normalized spacial score (nSPS) is 11.6. The lowest BCUT2D eigenvalue weighted by atomic mass is 9.70. The summed E-state index contributed by atoms with van der Waals surface area (Å²) in [7, 11) is 0. The highest BCUT2D eigenvalue weighted by Gasteiger charge is 2.31. The fraction of sp³-hybridized carbons (Fsp3) is 0.0877. The summed E-state index contributed by atoms with van der Waals surface area (Å²) < 4.78 is 0. The van der Waals surface area contributed by atoms with E-state index in [1.54, 1.807) is 0 Å². The van der Waals surface area contributed by atoms with Crippen molar-refractivity contribution in [1.82, 2.24) is 19.9 Å². The lowest BCUT2D eigenvalue weighted by molar-refractivity contribution is 0.478. The van der Waals surface area contributed by atoms with Crippen LogP contribution in [0.1, 0.15) is 37.8 Å². The first kappa shape index (κ1) is 37.7. The van der Waals surface area contributed by atoms with Crippen molar-refractivity contribution in [3.05, 3.63) is 217 Å². The summed E-state index contributed by atoms with van der Waals surface area (Å²) in [4.78, 5) is 20.5. The van der Waals surface area contributed by atoms with Gasteiger partial charge in [0.15, 0.2) is 11.6 Å². The van der Waals surface area contributed by atoms with Gasteiger partial charge in [0, 0.05) is 38.8 Å². The van der Waals surface area contributed by atoms with Crippen molar-refractivity contribution < 1.29 is 0 Å². The van der Waals surface area contributed by atoms with Gasteiger partial charge < -0.3 is 0 Å². The fourth-order valence-electron chi connectivity index (χ4n) is 8.77. The van der Waals surface area contributed by atoms with Gasteiger partial charge >= 0.3 is 0 Å². The molecule has 0 amide bonds. The van der Waals surface area contributed by atoms with E-state index in [-0.39, 0.29) is 5.41 Å². The molecule has 0 radical (unpaired) electrons. The molecule has 0 saturated heterocycles. The van der Waals surface area contributed by atoms with E-state index in [4.69, 9.17) is 19.9 Å². The van der Waals surface area contributed by atoms with E-state index >= 15 is 0 Å². The zero-order valence-corrected chi connectivity index (χ0v) is 34.3. The lowest BCUT2D eigenvalue weighted by Crippen LogP contribution is -2.26. The van der Waals surface area contributed by atoms with E-state index in [0.717, 1.165) is 69.0 Å². The fourth-order valence-corrected chi connectivity index (χ4v) is 8.77. The lowest BCUT2D eigenvalue weighted by Gasteiger charge is -2.33. The minimum Gasteiger partial charge on any atom is -0.228 e. The topological polar surface area (TPSA) is 51.6 Å². The molecule has 0 bridgehead atoms. The van der Waals surface area contributed by atoms with Gasteiger partial charge in [-0.15, -0.1) is 0 Å². The minimum atomic E-state index is -0.175. The Bertz CT molecular complexity index is 2920. The number of rotatable bonds is 10. The Morgan fingerprint density at radius 3 is 1.11 bits per heavy atom. The summed E-state index contributed by atoms with van der Waals surface area (Å²) in [6.07, 6.45) is 1.91. The van der Waals surface area contributed by atoms with Crippen LogP contribution in [0.4, 0.5) is 0 Å². The third-order valence-corrected chi connectivity index (χ3v) is 12.3. The molecule has 0 aliphatic rings. The van der Waals surface area contributed by atoms with Gasteiger partial charge in [-0.3, -0.25) is 0 Å². The van der Waals surface area contributed by atoms with E-state index in [1.165, 1.54) is 32.7 Å². The van der Waals surface area contributed by atoms with Crippen LogP contribution >= 0.6 is 0 Å². The molecule has 4 heteroatoms. The first-order valence-corrected chi connectivity index (χ1v) is 21.2. The standard InChI is InChI=1S/C57H44N4/c1-3-57(4-2,49-31-27-42(28-32-49)52-37-51(41-17-7-5-8-18-41)59-56(60-52)48-26-24-40-16-12-14-22-46(40)36-48)50-33-29-43(30-34-50)53-38-54(61-55(58-53)44-19-9-6-10-20-44)47-25-23-39-15-11-13-21-45(39)35-47/h5-38H,3-4H2,1-2H3. The highest BCUT2D eigenvalue weighted by atomic mass is 14.9. The Balaban J connectivity index is 0.997. The predicted molar refractivity (Wildman–Crippen MR) is 253 cm³/mol. The average Bonchev–Trinajstić information content (AvgIpc) is 3.35. The summed E-state index contributed by atoms with van der Waals surface area (Å²) >= 11 is 0. The minimum absolute atomic E-state index is 0.175. The van der Waals surface area contributed by atoms with Crippen LogP contribution in [0.15, 0.2) is 206 Å². The maximum Gasteiger partial charge on any atom is 0.160 e. The van der Waals surface area contributed by atoms with Crippen molar-refractivity contribution in [1.29, 1.82) is 0 Å². The molecule has 292 valence electrons. The van der Waals surface area contributed by atoms with Gasteiger partial charge in [0.1, 0.15) is 0 Å². The highest BCUT2D eigenvalue weighted by Crippen LogP contribution is 2.41. The Morgan fingerprint density at radius 1 is 0.295 bits per heavy atom. The summed E-state index contributed by atoms with van der Waals surface area (Å²) in [6, 6.07) is 72.8. The second kappa shape index (κ2) is 16.2. The third-order valence-electron chi connectivity index (χ3n) is 12.3. The Kier molecular flexibility index (Phi) is 10.0. The van der Waals surface area contributed by atoms with Crippen LogP contribution < -0.4 is 0 Å². The Morgan fingerprint density at radius 2 is 0.639 bits per heavy atom. The molecular formula is C57H44N4. The maximum atomic E-state index is 5.18. The zero-order chi connectivity index (χ0) is 41.2. The van der Waals surface area contributed by atoms with Crippen LogP contribution in [0.2, 0.25) is 0 Å². The summed E-state index contributed by atoms with van der Waals surface area (Å²) in [6.45, 7) is 4.59. The molecule has 0 unspecified atom stereocenters. The molecule has 10 rings (SSSR count). The summed E-state index contributed by atoms with van der Waals surface area (Å²) in [5.41, 5.74) is 12.2. The Labute approximate surface area is 357 Å². The number of fused-ring (bicyclic) bond motifs is 2. The molecule has 0 fully saturated rings. The molecule has 0 spiro atoms. The summed E-state index contributed by atoms with van der Waals surface area (Å²) in [5, 5.41) is 4.77. The van der Waals surface area contributed by atoms with E-state index in [0.29, 0.717) is 11.6 Å². The van der Waals surface area contributed by atoms with Gasteiger partial charge in [-0.25, -0.2) is 19.9 Å². The van der Waals surface area contributed by atoms with Crippen molar-refractivity contribution >= 4 is 21.5 Å². The van der Waals surface area contributed by atoms with Crippen molar-refractivity contribution in [2.45, 2.75) is 32.1 Å². The van der Waals surface area contributed by atoms with Gasteiger partial charge in [-0.2, -0.15) is 0 Å². The smallest absolute Gasteiger partial charge is 0.160 e. The van der Waals surface area contributed by atoms with Crippen molar-refractivity contribution in [2.75, 3.05) is 0 Å². The first-order valence-electron chi connectivity index (χ1n) is 21.2. The van der Waals surface area contributed by atoms with Crippen molar-refractivity contribution in [3.8, 4) is 67.8 Å². The molecule has 8 aromatic carbocycles. The molecule has 10 aromatic rings. The van der Waals surface area contributed by atoms with E-state index in [1.807, 2.05) is 24.3 Å². The molecule has 0 N–H and O–H groups in total. The molecule has 0 saturated carbocycles. The van der Waals surface area contributed by atoms with E-state index in [2.05, 4.69) is 196 Å². The molecule has 61 heavy (non-hydrogen) atoms. The van der Waals surface area contributed by atoms with Crippen LogP contribution in [0.5, 0.6) is 0 Å². The van der Waals surface area contributed by atoms with Crippen LogP contribution in [0, 0.1) is 0 Å². The quantitative estimate of drug-likeness (QED) is 0.139. The monoisotopic (exact) mass is 784 g/mol. The number of benzene rings is 8. The third kappa shape index (κ3) is 7.38. The van der Waals surface area contributed by atoms with Gasteiger partial charge in [0.25, 0.3) is 0 Å². The highest BCUT2D eigenvalue weighted by molar-refractivity contribution is 5.88. The SMILES string of the molecule is CCC(CC)(c1ccc(-c2cc(-c3ccc4ccccc4c3)nc(-c3ccccc3)n2)cc1)c1ccc(-c2cc(-c3ccccc3)nc(-c3ccc4ccccc4c3)n2)cc1. The van der Waals surface area contributed by atoms with Crippen LogP contribution in [0.25, 0.3) is 89.4 Å². The van der Waals surface area contributed by atoms with Gasteiger partial charge in [0.2, 0.25) is 0 Å². The van der Waals surface area contributed by atoms with Crippen LogP contribution in [-0.4, -0.2) is 19.9 Å². The second-order valence-corrected chi connectivity index (χ2v) is 15.7. The average molecular weight is 785 g/mol. The van der Waals surface area contributed by atoms with Crippen LogP contribution in [0.3, 0.4) is 0 Å². The predicted octanol–water partition coefficient (Wildman–Crippen LogP) is 14.7. The Hall–Kier alpha value is -7.56. The van der Waals surface area contributed by atoms with Gasteiger partial charge in [0.05, 0.1) is 22.8 Å². The number of hydrogen-bond donors (Lipinski definition) is 0. The molecule has 2 heterocycles. The van der Waals surface area contributed by atoms with E-state index in [9.17, 15) is 0 Å². The number of nitrogens with zero attached hydrogens (tertiary/aromatic N) is 4. The van der Waals surface area contributed by atoms with Crippen molar-refractivity contribution in [3.63, 3.8) is 0 Å².